The van der Waals surface area contributed by atoms with E-state index in [1.165, 1.54) is 12.1 Å². The molecule has 4 heteroatoms. The van der Waals surface area contributed by atoms with E-state index in [4.69, 9.17) is 10.5 Å². The molecule has 1 heterocycles. The predicted molar refractivity (Wildman–Crippen MR) is 71.0 cm³/mol. The van der Waals surface area contributed by atoms with Crippen LogP contribution in [0, 0.1) is 17.7 Å². The molecule has 0 aliphatic rings. The van der Waals surface area contributed by atoms with Gasteiger partial charge in [-0.25, -0.2) is 4.39 Å². The lowest BCUT2D eigenvalue weighted by Crippen LogP contribution is -1.92. The molecule has 92 valence electrons. The highest BCUT2D eigenvalue weighted by Gasteiger charge is 2.00. The lowest BCUT2D eigenvalue weighted by atomic mass is 10.3. The fourth-order valence-corrected chi connectivity index (χ4v) is 2.14. The third-order valence-corrected chi connectivity index (χ3v) is 3.14. The van der Waals surface area contributed by atoms with Crippen molar-refractivity contribution < 1.29 is 9.13 Å². The molecule has 0 spiro atoms. The second-order valence-corrected chi connectivity index (χ2v) is 4.68. The zero-order valence-corrected chi connectivity index (χ0v) is 10.5. The van der Waals surface area contributed by atoms with Gasteiger partial charge in [0.15, 0.2) is 0 Å². The van der Waals surface area contributed by atoms with E-state index < -0.39 is 0 Å². The Kier molecular flexibility index (Phi) is 4.35. The molecule has 1 aromatic heterocycles. The summed E-state index contributed by atoms with van der Waals surface area (Å²) in [6, 6.07) is 9.88. The van der Waals surface area contributed by atoms with Crippen LogP contribution in [0.3, 0.4) is 0 Å². The Morgan fingerprint density at radius 2 is 1.94 bits per heavy atom. The molecule has 0 bridgehead atoms. The van der Waals surface area contributed by atoms with Crippen LogP contribution in [-0.4, -0.2) is 6.54 Å². The van der Waals surface area contributed by atoms with Gasteiger partial charge in [-0.05, 0) is 36.4 Å². The molecule has 2 aromatic rings. The van der Waals surface area contributed by atoms with E-state index in [2.05, 4.69) is 11.8 Å². The molecule has 2 nitrogen and oxygen atoms in total. The number of rotatable bonds is 3. The summed E-state index contributed by atoms with van der Waals surface area (Å²) in [7, 11) is 0. The normalized spacial score (nSPS) is 9.67. The third-order valence-electron chi connectivity index (χ3n) is 2.17. The van der Waals surface area contributed by atoms with Crippen LogP contribution in [0.5, 0.6) is 5.75 Å². The van der Waals surface area contributed by atoms with Crippen molar-refractivity contribution in [3.05, 3.63) is 52.0 Å². The summed E-state index contributed by atoms with van der Waals surface area (Å²) in [4.78, 5) is 2.04. The topological polar surface area (TPSA) is 35.2 Å². The average Bonchev–Trinajstić information content (AvgIpc) is 2.84. The number of halogens is 1. The number of thiophene rings is 1. The van der Waals surface area contributed by atoms with E-state index in [0.717, 1.165) is 9.75 Å². The largest absolute Gasteiger partial charge is 0.488 e. The summed E-state index contributed by atoms with van der Waals surface area (Å²) in [6.45, 7) is 0.819. The van der Waals surface area contributed by atoms with Crippen molar-refractivity contribution in [2.24, 2.45) is 5.73 Å². The first kappa shape index (κ1) is 12.6. The summed E-state index contributed by atoms with van der Waals surface area (Å²) < 4.78 is 18.2. The number of ether oxygens (including phenoxy) is 1. The van der Waals surface area contributed by atoms with Gasteiger partial charge in [0.25, 0.3) is 0 Å². The van der Waals surface area contributed by atoms with E-state index in [1.807, 2.05) is 12.1 Å². The molecule has 0 unspecified atom stereocenters. The molecule has 0 aliphatic heterocycles. The highest BCUT2D eigenvalue weighted by molar-refractivity contribution is 7.12. The van der Waals surface area contributed by atoms with Crippen LogP contribution in [0.15, 0.2) is 36.4 Å². The second-order valence-electron chi connectivity index (χ2n) is 3.51. The minimum absolute atomic E-state index is 0.266. The summed E-state index contributed by atoms with van der Waals surface area (Å²) in [6.07, 6.45) is 0. The van der Waals surface area contributed by atoms with Crippen LogP contribution in [0.2, 0.25) is 0 Å². The molecule has 0 atom stereocenters. The number of nitrogens with two attached hydrogens (primary N) is 1. The second kappa shape index (κ2) is 6.20. The van der Waals surface area contributed by atoms with Crippen LogP contribution in [0.25, 0.3) is 0 Å². The molecule has 0 saturated heterocycles. The first-order valence-corrected chi connectivity index (χ1v) is 6.25. The lowest BCUT2D eigenvalue weighted by Gasteiger charge is -2.03. The van der Waals surface area contributed by atoms with E-state index >= 15 is 0 Å². The summed E-state index contributed by atoms with van der Waals surface area (Å²) in [5.41, 5.74) is 5.31. The van der Waals surface area contributed by atoms with Gasteiger partial charge in [-0.15, -0.1) is 11.3 Å². The van der Waals surface area contributed by atoms with Gasteiger partial charge in [-0.1, -0.05) is 11.8 Å². The van der Waals surface area contributed by atoms with Crippen molar-refractivity contribution in [3.63, 3.8) is 0 Å². The molecule has 0 radical (unpaired) electrons. The van der Waals surface area contributed by atoms with Gasteiger partial charge in [-0.2, -0.15) is 0 Å². The van der Waals surface area contributed by atoms with Crippen molar-refractivity contribution >= 4 is 11.3 Å². The Balaban J connectivity index is 1.94. The smallest absolute Gasteiger partial charge is 0.123 e. The monoisotopic (exact) mass is 261 g/mol. The SMILES string of the molecule is NCC#Cc1ccc(COc2ccc(F)cc2)s1. The van der Waals surface area contributed by atoms with Gasteiger partial charge in [0.1, 0.15) is 18.2 Å². The van der Waals surface area contributed by atoms with Gasteiger partial charge in [0, 0.05) is 4.88 Å². The summed E-state index contributed by atoms with van der Waals surface area (Å²) >= 11 is 1.57. The fraction of sp³-hybridized carbons (Fsp3) is 0.143. The minimum Gasteiger partial charge on any atom is -0.488 e. The molecule has 0 amide bonds. The standard InChI is InChI=1S/C14H12FNOS/c15-11-3-5-12(6-4-11)17-10-14-8-7-13(18-14)2-1-9-16/h3-8H,9-10,16H2. The maximum atomic E-state index is 12.7. The van der Waals surface area contributed by atoms with Crippen molar-refractivity contribution in [1.82, 2.24) is 0 Å². The van der Waals surface area contributed by atoms with Crippen LogP contribution in [0.1, 0.15) is 9.75 Å². The molecule has 0 fully saturated rings. The average molecular weight is 261 g/mol. The molecule has 1 aromatic carbocycles. The van der Waals surface area contributed by atoms with Crippen LogP contribution < -0.4 is 10.5 Å². The quantitative estimate of drug-likeness (QED) is 0.862. The zero-order chi connectivity index (χ0) is 12.8. The summed E-state index contributed by atoms with van der Waals surface area (Å²) in [5, 5.41) is 0. The van der Waals surface area contributed by atoms with E-state index in [0.29, 0.717) is 18.9 Å². The number of hydrogen-bond acceptors (Lipinski definition) is 3. The molecule has 0 saturated carbocycles. The molecular weight excluding hydrogens is 249 g/mol. The Morgan fingerprint density at radius 3 is 2.67 bits per heavy atom. The Morgan fingerprint density at radius 1 is 1.17 bits per heavy atom. The van der Waals surface area contributed by atoms with Gasteiger partial charge in [-0.3, -0.25) is 0 Å². The van der Waals surface area contributed by atoms with Gasteiger partial charge in [0.05, 0.1) is 11.4 Å². The van der Waals surface area contributed by atoms with Gasteiger partial charge >= 0.3 is 0 Å². The molecule has 18 heavy (non-hydrogen) atoms. The maximum Gasteiger partial charge on any atom is 0.123 e. The molecule has 0 aliphatic carbocycles. The Hall–Kier alpha value is -1.83. The third kappa shape index (κ3) is 3.59. The van der Waals surface area contributed by atoms with Crippen LogP contribution in [0.4, 0.5) is 4.39 Å². The number of hydrogen-bond donors (Lipinski definition) is 1. The van der Waals surface area contributed by atoms with Crippen molar-refractivity contribution in [2.45, 2.75) is 6.61 Å². The fourth-order valence-electron chi connectivity index (χ4n) is 1.35. The molecular formula is C14H12FNOS. The summed E-state index contributed by atoms with van der Waals surface area (Å²) in [5.74, 6) is 6.16. The van der Waals surface area contributed by atoms with Crippen molar-refractivity contribution in [2.75, 3.05) is 6.54 Å². The van der Waals surface area contributed by atoms with Gasteiger partial charge in [0.2, 0.25) is 0 Å². The Bertz CT molecular complexity index is 565. The van der Waals surface area contributed by atoms with E-state index in [1.54, 1.807) is 23.5 Å². The van der Waals surface area contributed by atoms with E-state index in [-0.39, 0.29) is 5.82 Å². The lowest BCUT2D eigenvalue weighted by molar-refractivity contribution is 0.309. The van der Waals surface area contributed by atoms with Crippen LogP contribution in [-0.2, 0) is 6.61 Å². The van der Waals surface area contributed by atoms with Gasteiger partial charge < -0.3 is 10.5 Å². The minimum atomic E-state index is -0.266. The van der Waals surface area contributed by atoms with Crippen LogP contribution >= 0.6 is 11.3 Å². The first-order valence-electron chi connectivity index (χ1n) is 5.44. The first-order chi connectivity index (χ1) is 8.78. The molecule has 2 rings (SSSR count). The van der Waals surface area contributed by atoms with Crippen molar-refractivity contribution in [3.8, 4) is 17.6 Å². The maximum absolute atomic E-state index is 12.7. The predicted octanol–water partition coefficient (Wildman–Crippen LogP) is 2.78. The highest BCUT2D eigenvalue weighted by Crippen LogP contribution is 2.18. The van der Waals surface area contributed by atoms with Crippen molar-refractivity contribution in [1.29, 1.82) is 0 Å². The zero-order valence-electron chi connectivity index (χ0n) is 9.65. The Labute approximate surface area is 109 Å². The highest BCUT2D eigenvalue weighted by atomic mass is 32.1. The van der Waals surface area contributed by atoms with E-state index in [9.17, 15) is 4.39 Å². The molecule has 2 N–H and O–H groups in total. The number of benzene rings is 1.